The molecule has 0 fully saturated rings. The van der Waals surface area contributed by atoms with Crippen molar-refractivity contribution >= 4 is 11.9 Å². The Morgan fingerprint density at radius 1 is 1.50 bits per heavy atom. The van der Waals surface area contributed by atoms with Crippen LogP contribution in [0.4, 0.5) is 0 Å². The molecule has 0 aromatic carbocycles. The van der Waals surface area contributed by atoms with Crippen LogP contribution >= 0.6 is 0 Å². The van der Waals surface area contributed by atoms with E-state index in [0.717, 1.165) is 0 Å². The molecule has 4 heteroatoms. The number of carbonyl (C=O) groups is 2. The van der Waals surface area contributed by atoms with Gasteiger partial charge in [-0.2, -0.15) is 0 Å². The van der Waals surface area contributed by atoms with Gasteiger partial charge < -0.3 is 10.2 Å². The van der Waals surface area contributed by atoms with Crippen LogP contribution in [0.15, 0.2) is 0 Å². The van der Waals surface area contributed by atoms with Gasteiger partial charge in [0.25, 0.3) is 0 Å². The van der Waals surface area contributed by atoms with E-state index in [0.29, 0.717) is 0 Å². The Hall–Kier alpha value is -1.06. The van der Waals surface area contributed by atoms with Gasteiger partial charge in [-0.25, -0.2) is 0 Å². The Bertz CT molecular complexity index is 159. The quantitative estimate of drug-likeness (QED) is 0.602. The van der Waals surface area contributed by atoms with Crippen LogP contribution in [-0.4, -0.2) is 22.2 Å². The highest BCUT2D eigenvalue weighted by atomic mass is 16.4. The van der Waals surface area contributed by atoms with Gasteiger partial charge in [-0.3, -0.25) is 9.59 Å². The van der Waals surface area contributed by atoms with E-state index in [1.54, 1.807) is 0 Å². The van der Waals surface area contributed by atoms with Crippen LogP contribution < -0.4 is 0 Å². The summed E-state index contributed by atoms with van der Waals surface area (Å²) in [5, 5.41) is 16.6. The van der Waals surface area contributed by atoms with Crippen molar-refractivity contribution in [2.24, 2.45) is 5.41 Å². The second-order valence-corrected chi connectivity index (χ2v) is 2.44. The molecule has 57 valence electrons. The van der Waals surface area contributed by atoms with Crippen LogP contribution in [0, 0.1) is 12.3 Å². The fourth-order valence-electron chi connectivity index (χ4n) is 0.409. The minimum atomic E-state index is -1.41. The monoisotopic (exact) mass is 145 g/mol. The van der Waals surface area contributed by atoms with E-state index < -0.39 is 23.8 Å². The molecule has 0 rings (SSSR count). The topological polar surface area (TPSA) is 74.6 Å². The molecule has 0 aromatic rings. The normalized spacial score (nSPS) is 11.0. The van der Waals surface area contributed by atoms with Gasteiger partial charge in [0.1, 0.15) is 0 Å². The molecule has 0 aromatic heterocycles. The highest BCUT2D eigenvalue weighted by Gasteiger charge is 2.29. The molecule has 1 radical (unpaired) electrons. The molecule has 1 unspecified atom stereocenters. The van der Waals surface area contributed by atoms with Crippen LogP contribution in [-0.2, 0) is 9.59 Å². The second kappa shape index (κ2) is 2.68. The summed E-state index contributed by atoms with van der Waals surface area (Å²) < 4.78 is 0. The lowest BCUT2D eigenvalue weighted by Crippen LogP contribution is -2.26. The first kappa shape index (κ1) is 8.94. The summed E-state index contributed by atoms with van der Waals surface area (Å²) in [6, 6.07) is 0. The molecular weight excluding hydrogens is 136 g/mol. The third-order valence-electron chi connectivity index (χ3n) is 1.06. The van der Waals surface area contributed by atoms with E-state index in [1.807, 2.05) is 0 Å². The molecule has 0 aliphatic heterocycles. The summed E-state index contributed by atoms with van der Waals surface area (Å²) in [4.78, 5) is 20.2. The summed E-state index contributed by atoms with van der Waals surface area (Å²) >= 11 is 0. The molecule has 10 heavy (non-hydrogen) atoms. The van der Waals surface area contributed by atoms with Crippen molar-refractivity contribution in [3.8, 4) is 0 Å². The van der Waals surface area contributed by atoms with E-state index in [2.05, 4.69) is 6.92 Å². The van der Waals surface area contributed by atoms with Gasteiger partial charge in [0.2, 0.25) is 0 Å². The highest BCUT2D eigenvalue weighted by Crippen LogP contribution is 2.18. The van der Waals surface area contributed by atoms with Gasteiger partial charge >= 0.3 is 11.9 Å². The Labute approximate surface area is 58.5 Å². The smallest absolute Gasteiger partial charge is 0.309 e. The fraction of sp³-hybridized carbons (Fsp3) is 0.500. The van der Waals surface area contributed by atoms with Crippen LogP contribution in [0.2, 0.25) is 0 Å². The maximum Gasteiger partial charge on any atom is 0.309 e. The van der Waals surface area contributed by atoms with Crippen molar-refractivity contribution in [2.45, 2.75) is 13.3 Å². The van der Waals surface area contributed by atoms with Crippen molar-refractivity contribution in [3.63, 3.8) is 0 Å². The Morgan fingerprint density at radius 3 is 2.00 bits per heavy atom. The minimum absolute atomic E-state index is 0.456. The van der Waals surface area contributed by atoms with Crippen LogP contribution in [0.25, 0.3) is 0 Å². The van der Waals surface area contributed by atoms with Gasteiger partial charge in [0.15, 0.2) is 0 Å². The summed E-state index contributed by atoms with van der Waals surface area (Å²) in [5.74, 6) is -2.35. The number of carboxylic acid groups (broad SMARTS) is 2. The zero-order valence-corrected chi connectivity index (χ0v) is 5.63. The number of hydrogen-bond acceptors (Lipinski definition) is 2. The molecular formula is C6H9O4. The van der Waals surface area contributed by atoms with E-state index in [4.69, 9.17) is 10.2 Å². The average Bonchev–Trinajstić information content (AvgIpc) is 1.60. The van der Waals surface area contributed by atoms with Crippen molar-refractivity contribution in [1.29, 1.82) is 0 Å². The third kappa shape index (κ3) is 2.48. The van der Waals surface area contributed by atoms with E-state index in [1.165, 1.54) is 6.92 Å². The largest absolute Gasteiger partial charge is 0.481 e. The molecule has 0 aliphatic rings. The molecule has 0 bridgehead atoms. The maximum absolute atomic E-state index is 10.2. The minimum Gasteiger partial charge on any atom is -0.481 e. The number of rotatable bonds is 3. The Balaban J connectivity index is 4.13. The fourth-order valence-corrected chi connectivity index (χ4v) is 0.409. The SMILES string of the molecule is [CH2]C(C)(CC(=O)O)C(=O)O. The first-order valence-electron chi connectivity index (χ1n) is 2.67. The zero-order chi connectivity index (χ0) is 8.36. The van der Waals surface area contributed by atoms with Gasteiger partial charge in [-0.05, 0) is 13.8 Å². The van der Waals surface area contributed by atoms with Crippen molar-refractivity contribution in [2.75, 3.05) is 0 Å². The first-order valence-corrected chi connectivity index (χ1v) is 2.67. The molecule has 0 aliphatic carbocycles. The Kier molecular flexibility index (Phi) is 2.40. The predicted octanol–water partition coefficient (Wildman–Crippen LogP) is 0.386. The second-order valence-electron chi connectivity index (χ2n) is 2.44. The molecule has 1 atom stereocenters. The van der Waals surface area contributed by atoms with Gasteiger partial charge in [0, 0.05) is 0 Å². The van der Waals surface area contributed by atoms with Crippen LogP contribution in [0.3, 0.4) is 0 Å². The van der Waals surface area contributed by atoms with E-state index >= 15 is 0 Å². The number of carboxylic acids is 2. The molecule has 4 nitrogen and oxygen atoms in total. The zero-order valence-electron chi connectivity index (χ0n) is 5.63. The lowest BCUT2D eigenvalue weighted by Gasteiger charge is -2.14. The average molecular weight is 145 g/mol. The highest BCUT2D eigenvalue weighted by molar-refractivity contribution is 5.81. The van der Waals surface area contributed by atoms with Crippen LogP contribution in [0.5, 0.6) is 0 Å². The van der Waals surface area contributed by atoms with Crippen molar-refractivity contribution in [3.05, 3.63) is 6.92 Å². The standard InChI is InChI=1S/C6H9O4/c1-6(2,5(9)10)3-4(7)8/h1,3H2,2H3,(H,7,8)(H,9,10). The maximum atomic E-state index is 10.2. The molecule has 0 heterocycles. The van der Waals surface area contributed by atoms with E-state index in [9.17, 15) is 9.59 Å². The van der Waals surface area contributed by atoms with Gasteiger partial charge in [-0.15, -0.1) is 0 Å². The molecule has 0 saturated heterocycles. The lowest BCUT2D eigenvalue weighted by atomic mass is 9.90. The lowest BCUT2D eigenvalue weighted by molar-refractivity contribution is -0.151. The first-order chi connectivity index (χ1) is 4.36. The van der Waals surface area contributed by atoms with Crippen molar-refractivity contribution in [1.82, 2.24) is 0 Å². The summed E-state index contributed by atoms with van der Waals surface area (Å²) in [7, 11) is 0. The molecule has 0 spiro atoms. The van der Waals surface area contributed by atoms with E-state index in [-0.39, 0.29) is 0 Å². The van der Waals surface area contributed by atoms with Gasteiger partial charge in [-0.1, -0.05) is 0 Å². The van der Waals surface area contributed by atoms with Crippen LogP contribution in [0.1, 0.15) is 13.3 Å². The molecule has 0 amide bonds. The van der Waals surface area contributed by atoms with Crippen molar-refractivity contribution < 1.29 is 19.8 Å². The number of hydrogen-bond donors (Lipinski definition) is 2. The van der Waals surface area contributed by atoms with Gasteiger partial charge in [0.05, 0.1) is 11.8 Å². The summed E-state index contributed by atoms with van der Waals surface area (Å²) in [5.41, 5.74) is -1.41. The molecule has 0 saturated carbocycles. The summed E-state index contributed by atoms with van der Waals surface area (Å²) in [6.45, 7) is 4.50. The molecule has 2 N–H and O–H groups in total. The predicted molar refractivity (Wildman–Crippen MR) is 33.4 cm³/mol. The number of aliphatic carboxylic acids is 2. The Morgan fingerprint density at radius 2 is 1.90 bits per heavy atom. The third-order valence-corrected chi connectivity index (χ3v) is 1.06. The summed E-state index contributed by atoms with van der Waals surface area (Å²) in [6.07, 6.45) is -0.456.